The van der Waals surface area contributed by atoms with E-state index in [1.165, 1.54) is 11.8 Å². The number of halogens is 1. The number of benzene rings is 1. The molecule has 0 fully saturated rings. The predicted octanol–water partition coefficient (Wildman–Crippen LogP) is 6.18. The molecule has 5 aromatic rings. The van der Waals surface area contributed by atoms with E-state index in [2.05, 4.69) is 21.0 Å². The summed E-state index contributed by atoms with van der Waals surface area (Å²) >= 11 is 9.60. The van der Waals surface area contributed by atoms with Crippen molar-refractivity contribution in [2.45, 2.75) is 22.8 Å². The van der Waals surface area contributed by atoms with Crippen LogP contribution in [0.1, 0.15) is 11.3 Å². The monoisotopic (exact) mass is 479 g/mol. The lowest BCUT2D eigenvalue weighted by Gasteiger charge is -2.14. The quantitative estimate of drug-likeness (QED) is 0.290. The van der Waals surface area contributed by atoms with Crippen molar-refractivity contribution in [3.63, 3.8) is 0 Å². The highest BCUT2D eigenvalue weighted by Crippen LogP contribution is 2.36. The Bertz CT molecular complexity index is 1400. The normalized spacial score (nSPS) is 11.2. The molecule has 0 amide bonds. The van der Waals surface area contributed by atoms with E-state index in [4.69, 9.17) is 21.3 Å². The number of rotatable bonds is 6. The number of pyridine rings is 2. The molecular formula is C23H18ClN5OS2. The van der Waals surface area contributed by atoms with Crippen LogP contribution in [0.3, 0.4) is 0 Å². The fourth-order valence-corrected chi connectivity index (χ4v) is 5.42. The van der Waals surface area contributed by atoms with Crippen LogP contribution in [0.25, 0.3) is 22.3 Å². The second-order valence-electron chi connectivity index (χ2n) is 7.11. The average Bonchev–Trinajstić information content (AvgIpc) is 3.44. The number of fused-ring (bicyclic) bond motifs is 1. The second-order valence-corrected chi connectivity index (χ2v) is 9.70. The number of hydrogen-bond acceptors (Lipinski definition) is 7. The van der Waals surface area contributed by atoms with Crippen molar-refractivity contribution >= 4 is 45.6 Å². The van der Waals surface area contributed by atoms with Crippen LogP contribution in [0.2, 0.25) is 5.02 Å². The Morgan fingerprint density at radius 3 is 2.88 bits per heavy atom. The van der Waals surface area contributed by atoms with Crippen LogP contribution in [0, 0.1) is 6.92 Å². The van der Waals surface area contributed by atoms with Crippen molar-refractivity contribution in [3.8, 4) is 17.1 Å². The minimum atomic E-state index is 0.293. The second kappa shape index (κ2) is 8.90. The fourth-order valence-electron chi connectivity index (χ4n) is 3.45. The van der Waals surface area contributed by atoms with Crippen LogP contribution in [-0.4, -0.2) is 24.5 Å². The van der Waals surface area contributed by atoms with Gasteiger partial charge in [-0.3, -0.25) is 4.98 Å². The molecule has 4 aromatic heterocycles. The number of para-hydroxylation sites is 1. The summed E-state index contributed by atoms with van der Waals surface area (Å²) in [6, 6.07) is 8.00. The molecule has 0 saturated carbocycles. The zero-order chi connectivity index (χ0) is 22.1. The topological polar surface area (TPSA) is 65.7 Å². The van der Waals surface area contributed by atoms with Gasteiger partial charge in [-0.25, -0.2) is 15.0 Å². The Morgan fingerprint density at radius 1 is 1.19 bits per heavy atom. The number of ether oxygens (including phenoxy) is 1. The number of aromatic nitrogens is 5. The third-order valence-corrected chi connectivity index (χ3v) is 7.22. The van der Waals surface area contributed by atoms with Gasteiger partial charge in [0.25, 0.3) is 0 Å². The van der Waals surface area contributed by atoms with Gasteiger partial charge in [0.2, 0.25) is 0 Å². The van der Waals surface area contributed by atoms with E-state index in [-0.39, 0.29) is 0 Å². The van der Waals surface area contributed by atoms with Gasteiger partial charge in [0, 0.05) is 70.5 Å². The lowest BCUT2D eigenvalue weighted by molar-refractivity contribution is 0.306. The molecule has 0 aliphatic heterocycles. The number of hydrogen-bond donors (Lipinski definition) is 0. The molecule has 1 aromatic carbocycles. The van der Waals surface area contributed by atoms with Crippen molar-refractivity contribution in [1.82, 2.24) is 24.5 Å². The summed E-state index contributed by atoms with van der Waals surface area (Å²) in [5.41, 5.74) is 3.58. The number of nitrogens with zero attached hydrogens (tertiary/aromatic N) is 5. The lowest BCUT2D eigenvalue weighted by Crippen LogP contribution is -2.01. The molecule has 0 aliphatic carbocycles. The van der Waals surface area contributed by atoms with Crippen LogP contribution < -0.4 is 4.74 Å². The van der Waals surface area contributed by atoms with Crippen LogP contribution in [0.4, 0.5) is 0 Å². The Kier molecular flexibility index (Phi) is 5.82. The van der Waals surface area contributed by atoms with Crippen molar-refractivity contribution in [3.05, 3.63) is 76.9 Å². The van der Waals surface area contributed by atoms with Crippen LogP contribution in [0.15, 0.2) is 69.9 Å². The first-order chi connectivity index (χ1) is 15.6. The summed E-state index contributed by atoms with van der Waals surface area (Å²) < 4.78 is 9.20. The molecule has 6 nitrogen and oxygen atoms in total. The summed E-state index contributed by atoms with van der Waals surface area (Å²) in [6.45, 7) is 2.27. The predicted molar refractivity (Wildman–Crippen MR) is 128 cm³/mol. The maximum absolute atomic E-state index is 6.49. The third-order valence-electron chi connectivity index (χ3n) is 4.94. The first-order valence-corrected chi connectivity index (χ1v) is 11.9. The summed E-state index contributed by atoms with van der Waals surface area (Å²) in [4.78, 5) is 18.8. The first-order valence-electron chi connectivity index (χ1n) is 9.81. The number of imidazole rings is 1. The summed E-state index contributed by atoms with van der Waals surface area (Å²) in [7, 11) is 1.98. The Balaban J connectivity index is 1.51. The maximum Gasteiger partial charge on any atom is 0.154 e. The number of thiazole rings is 1. The minimum absolute atomic E-state index is 0.293. The SMILES string of the molecule is Cc1cc(-c2nccn2C)c2cccc(OCc3c(Cl)cncc3Sc3nccs3)c2n1. The summed E-state index contributed by atoms with van der Waals surface area (Å²) in [6.07, 6.45) is 8.94. The van der Waals surface area contributed by atoms with E-state index in [0.29, 0.717) is 17.4 Å². The van der Waals surface area contributed by atoms with Gasteiger partial charge in [-0.1, -0.05) is 35.5 Å². The minimum Gasteiger partial charge on any atom is -0.487 e. The molecule has 5 rings (SSSR count). The molecule has 0 bridgehead atoms. The van der Waals surface area contributed by atoms with Crippen molar-refractivity contribution < 1.29 is 4.74 Å². The zero-order valence-electron chi connectivity index (χ0n) is 17.3. The van der Waals surface area contributed by atoms with Gasteiger partial charge in [0.1, 0.15) is 23.7 Å². The third kappa shape index (κ3) is 4.09. The molecule has 0 saturated heterocycles. The van der Waals surface area contributed by atoms with Crippen LogP contribution in [-0.2, 0) is 13.7 Å². The van der Waals surface area contributed by atoms with Crippen molar-refractivity contribution in [1.29, 1.82) is 0 Å². The van der Waals surface area contributed by atoms with Crippen molar-refractivity contribution in [2.24, 2.45) is 7.05 Å². The molecule has 0 spiro atoms. The first kappa shape index (κ1) is 20.9. The van der Waals surface area contributed by atoms with E-state index in [0.717, 1.165) is 42.8 Å². The Morgan fingerprint density at radius 2 is 2.09 bits per heavy atom. The molecule has 0 aliphatic rings. The molecule has 4 heterocycles. The molecule has 0 unspecified atom stereocenters. The molecule has 9 heteroatoms. The molecule has 0 atom stereocenters. The van der Waals surface area contributed by atoms with Gasteiger partial charge in [-0.2, -0.15) is 0 Å². The smallest absolute Gasteiger partial charge is 0.154 e. The van der Waals surface area contributed by atoms with Crippen LogP contribution in [0.5, 0.6) is 5.75 Å². The molecule has 0 N–H and O–H groups in total. The molecule has 32 heavy (non-hydrogen) atoms. The van der Waals surface area contributed by atoms with E-state index in [9.17, 15) is 0 Å². The summed E-state index contributed by atoms with van der Waals surface area (Å²) in [5, 5.41) is 3.49. The van der Waals surface area contributed by atoms with Gasteiger partial charge in [-0.15, -0.1) is 11.3 Å². The van der Waals surface area contributed by atoms with E-state index < -0.39 is 0 Å². The Labute approximate surface area is 198 Å². The van der Waals surface area contributed by atoms with Gasteiger partial charge in [-0.05, 0) is 19.1 Å². The fraction of sp³-hybridized carbons (Fsp3) is 0.130. The highest BCUT2D eigenvalue weighted by atomic mass is 35.5. The van der Waals surface area contributed by atoms with E-state index >= 15 is 0 Å². The number of aryl methyl sites for hydroxylation is 2. The van der Waals surface area contributed by atoms with E-state index in [1.54, 1.807) is 36.1 Å². The van der Waals surface area contributed by atoms with Gasteiger partial charge < -0.3 is 9.30 Å². The molecule has 0 radical (unpaired) electrons. The van der Waals surface area contributed by atoms with E-state index in [1.807, 2.05) is 48.3 Å². The van der Waals surface area contributed by atoms with Gasteiger partial charge in [0.05, 0.1) is 5.02 Å². The molecule has 160 valence electrons. The zero-order valence-corrected chi connectivity index (χ0v) is 19.7. The Hall–Kier alpha value is -2.94. The van der Waals surface area contributed by atoms with Gasteiger partial charge in [0.15, 0.2) is 4.34 Å². The summed E-state index contributed by atoms with van der Waals surface area (Å²) in [5.74, 6) is 1.58. The highest BCUT2D eigenvalue weighted by Gasteiger charge is 2.16. The average molecular weight is 480 g/mol. The van der Waals surface area contributed by atoms with Crippen LogP contribution >= 0.6 is 34.7 Å². The van der Waals surface area contributed by atoms with Gasteiger partial charge >= 0.3 is 0 Å². The largest absolute Gasteiger partial charge is 0.487 e. The highest BCUT2D eigenvalue weighted by molar-refractivity contribution is 8.01. The van der Waals surface area contributed by atoms with Crippen molar-refractivity contribution in [2.75, 3.05) is 0 Å². The maximum atomic E-state index is 6.49. The molecular weight excluding hydrogens is 462 g/mol. The standard InChI is InChI=1S/C23H18ClN5OS2/c1-14-10-16(22-26-6-8-29(22)2)15-4-3-5-19(21(15)28-14)30-13-17-18(24)11-25-12-20(17)32-23-27-7-9-31-23/h3-12H,13H2,1-2H3. The lowest BCUT2D eigenvalue weighted by atomic mass is 10.1.